The van der Waals surface area contributed by atoms with Crippen molar-refractivity contribution in [2.75, 3.05) is 31.6 Å². The van der Waals surface area contributed by atoms with Crippen LogP contribution in [0, 0.1) is 0 Å². The van der Waals surface area contributed by atoms with Crippen LogP contribution >= 0.6 is 11.6 Å². The van der Waals surface area contributed by atoms with E-state index in [1.165, 1.54) is 0 Å². The molecule has 100 valence electrons. The largest absolute Gasteiger partial charge is 0.396 e. The van der Waals surface area contributed by atoms with Gasteiger partial charge in [-0.05, 0) is 37.2 Å². The predicted octanol–water partition coefficient (Wildman–Crippen LogP) is 1.98. The molecule has 4 nitrogen and oxygen atoms in total. The van der Waals surface area contributed by atoms with Gasteiger partial charge in [0.25, 0.3) is 0 Å². The van der Waals surface area contributed by atoms with Gasteiger partial charge in [0.15, 0.2) is 0 Å². The maximum Gasteiger partial charge on any atom is 0.238 e. The molecule has 0 saturated heterocycles. The number of aliphatic hydroxyl groups is 1. The summed E-state index contributed by atoms with van der Waals surface area (Å²) in [5, 5.41) is 12.2. The fourth-order valence-electron chi connectivity index (χ4n) is 1.58. The molecule has 1 aromatic carbocycles. The highest BCUT2D eigenvalue weighted by Crippen LogP contribution is 2.13. The molecule has 1 amide bonds. The molecule has 0 heterocycles. The molecule has 18 heavy (non-hydrogen) atoms. The molecule has 5 heteroatoms. The number of anilines is 1. The topological polar surface area (TPSA) is 52.6 Å². The maximum absolute atomic E-state index is 11.8. The van der Waals surface area contributed by atoms with E-state index in [0.717, 1.165) is 18.8 Å². The van der Waals surface area contributed by atoms with Gasteiger partial charge in [-0.3, -0.25) is 9.69 Å². The summed E-state index contributed by atoms with van der Waals surface area (Å²) in [4.78, 5) is 13.8. The number of nitrogens with one attached hydrogen (secondary N) is 1. The number of halogens is 1. The molecule has 0 atom stereocenters. The fourth-order valence-corrected chi connectivity index (χ4v) is 1.71. The zero-order valence-corrected chi connectivity index (χ0v) is 11.3. The van der Waals surface area contributed by atoms with Gasteiger partial charge in [-0.15, -0.1) is 0 Å². The minimum absolute atomic E-state index is 0.0582. The molecule has 1 rings (SSSR count). The third-order valence-corrected chi connectivity index (χ3v) is 2.83. The van der Waals surface area contributed by atoms with E-state index in [9.17, 15) is 4.79 Å². The van der Waals surface area contributed by atoms with E-state index in [-0.39, 0.29) is 12.5 Å². The molecule has 0 unspecified atom stereocenters. The van der Waals surface area contributed by atoms with Crippen LogP contribution in [0.1, 0.15) is 13.3 Å². The SMILES string of the molecule is CCN(CCCO)CC(=O)Nc1ccc(Cl)cc1. The quantitative estimate of drug-likeness (QED) is 0.797. The molecule has 0 bridgehead atoms. The Morgan fingerprint density at radius 2 is 2.06 bits per heavy atom. The van der Waals surface area contributed by atoms with E-state index in [1.807, 2.05) is 11.8 Å². The minimum atomic E-state index is -0.0582. The van der Waals surface area contributed by atoms with E-state index in [1.54, 1.807) is 24.3 Å². The molecular weight excluding hydrogens is 252 g/mol. The lowest BCUT2D eigenvalue weighted by molar-refractivity contribution is -0.117. The molecule has 0 aromatic heterocycles. The highest BCUT2D eigenvalue weighted by molar-refractivity contribution is 6.30. The maximum atomic E-state index is 11.8. The number of amides is 1. The van der Waals surface area contributed by atoms with Crippen molar-refractivity contribution in [3.05, 3.63) is 29.3 Å². The minimum Gasteiger partial charge on any atom is -0.396 e. The van der Waals surface area contributed by atoms with Crippen molar-refractivity contribution in [2.45, 2.75) is 13.3 Å². The third kappa shape index (κ3) is 5.49. The van der Waals surface area contributed by atoms with Crippen molar-refractivity contribution < 1.29 is 9.90 Å². The first-order chi connectivity index (χ1) is 8.65. The lowest BCUT2D eigenvalue weighted by Gasteiger charge is -2.19. The lowest BCUT2D eigenvalue weighted by Crippen LogP contribution is -2.34. The molecule has 0 aliphatic rings. The van der Waals surface area contributed by atoms with Crippen molar-refractivity contribution in [2.24, 2.45) is 0 Å². The number of likely N-dealkylation sites (N-methyl/N-ethyl adjacent to an activating group) is 1. The van der Waals surface area contributed by atoms with Gasteiger partial charge in [-0.1, -0.05) is 18.5 Å². The summed E-state index contributed by atoms with van der Waals surface area (Å²) in [7, 11) is 0. The fraction of sp³-hybridized carbons (Fsp3) is 0.462. The number of hydrogen-bond donors (Lipinski definition) is 2. The summed E-state index contributed by atoms with van der Waals surface area (Å²) in [6.45, 7) is 3.98. The van der Waals surface area contributed by atoms with Crippen molar-refractivity contribution in [1.82, 2.24) is 4.90 Å². The number of benzene rings is 1. The predicted molar refractivity (Wildman–Crippen MR) is 73.9 cm³/mol. The Labute approximate surface area is 113 Å². The zero-order valence-electron chi connectivity index (χ0n) is 10.5. The van der Waals surface area contributed by atoms with Crippen LogP contribution in [0.25, 0.3) is 0 Å². The Bertz CT molecular complexity index is 368. The van der Waals surface area contributed by atoms with Crippen LogP contribution in [-0.4, -0.2) is 42.2 Å². The van der Waals surface area contributed by atoms with Gasteiger partial charge in [-0.2, -0.15) is 0 Å². The number of aliphatic hydroxyl groups excluding tert-OH is 1. The molecule has 0 saturated carbocycles. The standard InChI is InChI=1S/C13H19ClN2O2/c1-2-16(8-3-9-17)10-13(18)15-12-6-4-11(14)5-7-12/h4-7,17H,2-3,8-10H2,1H3,(H,15,18). The van der Waals surface area contributed by atoms with Crippen LogP contribution in [0.2, 0.25) is 5.02 Å². The van der Waals surface area contributed by atoms with Crippen molar-refractivity contribution in [1.29, 1.82) is 0 Å². The Morgan fingerprint density at radius 1 is 1.39 bits per heavy atom. The van der Waals surface area contributed by atoms with E-state index < -0.39 is 0 Å². The molecular formula is C13H19ClN2O2. The lowest BCUT2D eigenvalue weighted by atomic mass is 10.3. The number of nitrogens with zero attached hydrogens (tertiary/aromatic N) is 1. The van der Waals surface area contributed by atoms with E-state index in [2.05, 4.69) is 5.32 Å². The van der Waals surface area contributed by atoms with Crippen molar-refractivity contribution >= 4 is 23.2 Å². The summed E-state index contributed by atoms with van der Waals surface area (Å²) in [6, 6.07) is 7.01. The highest BCUT2D eigenvalue weighted by Gasteiger charge is 2.08. The van der Waals surface area contributed by atoms with Crippen LogP contribution in [-0.2, 0) is 4.79 Å². The number of carbonyl (C=O) groups is 1. The molecule has 0 fully saturated rings. The summed E-state index contributed by atoms with van der Waals surface area (Å²) in [5.41, 5.74) is 0.739. The van der Waals surface area contributed by atoms with Gasteiger partial charge in [0.05, 0.1) is 6.54 Å². The first-order valence-corrected chi connectivity index (χ1v) is 6.42. The molecule has 1 aromatic rings. The van der Waals surface area contributed by atoms with Crippen LogP contribution in [0.15, 0.2) is 24.3 Å². The number of carbonyl (C=O) groups excluding carboxylic acids is 1. The zero-order chi connectivity index (χ0) is 13.4. The van der Waals surface area contributed by atoms with Gasteiger partial charge in [0.2, 0.25) is 5.91 Å². The molecule has 0 aliphatic carbocycles. The number of hydrogen-bond acceptors (Lipinski definition) is 3. The first-order valence-electron chi connectivity index (χ1n) is 6.04. The van der Waals surface area contributed by atoms with Crippen LogP contribution in [0.3, 0.4) is 0 Å². The smallest absolute Gasteiger partial charge is 0.238 e. The average molecular weight is 271 g/mol. The monoisotopic (exact) mass is 270 g/mol. The number of rotatable bonds is 7. The normalized spacial score (nSPS) is 10.7. The van der Waals surface area contributed by atoms with Gasteiger partial charge < -0.3 is 10.4 Å². The Kier molecular flexibility index (Phi) is 6.72. The Balaban J connectivity index is 2.42. The van der Waals surface area contributed by atoms with Crippen LogP contribution < -0.4 is 5.32 Å². The second kappa shape index (κ2) is 8.08. The highest BCUT2D eigenvalue weighted by atomic mass is 35.5. The molecule has 0 aliphatic heterocycles. The second-order valence-corrected chi connectivity index (χ2v) is 4.44. The average Bonchev–Trinajstić information content (AvgIpc) is 2.37. The van der Waals surface area contributed by atoms with E-state index >= 15 is 0 Å². The summed E-state index contributed by atoms with van der Waals surface area (Å²) >= 11 is 5.77. The molecule has 2 N–H and O–H groups in total. The van der Waals surface area contributed by atoms with Gasteiger partial charge in [-0.25, -0.2) is 0 Å². The van der Waals surface area contributed by atoms with Gasteiger partial charge in [0.1, 0.15) is 0 Å². The third-order valence-electron chi connectivity index (χ3n) is 2.57. The van der Waals surface area contributed by atoms with Crippen LogP contribution in [0.5, 0.6) is 0 Å². The second-order valence-electron chi connectivity index (χ2n) is 4.00. The summed E-state index contributed by atoms with van der Waals surface area (Å²) in [6.07, 6.45) is 0.683. The van der Waals surface area contributed by atoms with E-state index in [0.29, 0.717) is 18.0 Å². The summed E-state index contributed by atoms with van der Waals surface area (Å²) in [5.74, 6) is -0.0582. The van der Waals surface area contributed by atoms with Crippen molar-refractivity contribution in [3.63, 3.8) is 0 Å². The first kappa shape index (κ1) is 15.0. The molecule has 0 radical (unpaired) electrons. The van der Waals surface area contributed by atoms with Gasteiger partial charge in [0, 0.05) is 23.9 Å². The summed E-state index contributed by atoms with van der Waals surface area (Å²) < 4.78 is 0. The van der Waals surface area contributed by atoms with E-state index in [4.69, 9.17) is 16.7 Å². The van der Waals surface area contributed by atoms with Gasteiger partial charge >= 0.3 is 0 Å². The Morgan fingerprint density at radius 3 is 2.61 bits per heavy atom. The molecule has 0 spiro atoms. The van der Waals surface area contributed by atoms with Crippen LogP contribution in [0.4, 0.5) is 5.69 Å². The van der Waals surface area contributed by atoms with Crippen molar-refractivity contribution in [3.8, 4) is 0 Å². The Hall–Kier alpha value is -1.10.